The first kappa shape index (κ1) is 13.7. The van der Waals surface area contributed by atoms with Crippen LogP contribution >= 0.6 is 0 Å². The number of carbonyl (C=O) groups is 1. The SMILES string of the molecule is Cc1cc(/C=C/C(=O)c2nn(C)cc2[N+](=O)[O-])nn1C. The molecule has 0 radical (unpaired) electrons. The number of aryl methyl sites for hydroxylation is 3. The highest BCUT2D eigenvalue weighted by molar-refractivity contribution is 6.07. The smallest absolute Gasteiger partial charge is 0.287 e. The van der Waals surface area contributed by atoms with Crippen molar-refractivity contribution >= 4 is 17.5 Å². The number of hydrogen-bond donors (Lipinski definition) is 0. The van der Waals surface area contributed by atoms with Crippen molar-refractivity contribution in [2.24, 2.45) is 14.1 Å². The third kappa shape index (κ3) is 2.63. The molecule has 8 heteroatoms. The first-order chi connectivity index (χ1) is 9.38. The summed E-state index contributed by atoms with van der Waals surface area (Å²) in [6.07, 6.45) is 3.94. The number of carbonyl (C=O) groups excluding carboxylic acids is 1. The third-order valence-electron chi connectivity index (χ3n) is 2.78. The fourth-order valence-corrected chi connectivity index (χ4v) is 1.69. The van der Waals surface area contributed by atoms with Gasteiger partial charge in [0.1, 0.15) is 6.20 Å². The Bertz CT molecular complexity index is 691. The van der Waals surface area contributed by atoms with Crippen LogP contribution in [0.1, 0.15) is 21.9 Å². The molecule has 0 aliphatic rings. The Morgan fingerprint density at radius 2 is 2.10 bits per heavy atom. The maximum atomic E-state index is 11.9. The van der Waals surface area contributed by atoms with E-state index in [-0.39, 0.29) is 11.4 Å². The Kier molecular flexibility index (Phi) is 3.47. The van der Waals surface area contributed by atoms with E-state index >= 15 is 0 Å². The minimum atomic E-state index is -0.626. The summed E-state index contributed by atoms with van der Waals surface area (Å²) in [5.41, 5.74) is 1.07. The van der Waals surface area contributed by atoms with Crippen molar-refractivity contribution in [1.29, 1.82) is 0 Å². The van der Waals surface area contributed by atoms with Gasteiger partial charge in [0.15, 0.2) is 0 Å². The van der Waals surface area contributed by atoms with E-state index in [4.69, 9.17) is 0 Å². The fraction of sp³-hybridized carbons (Fsp3) is 0.250. The molecule has 2 aromatic rings. The van der Waals surface area contributed by atoms with Crippen LogP contribution < -0.4 is 0 Å². The van der Waals surface area contributed by atoms with E-state index in [9.17, 15) is 14.9 Å². The van der Waals surface area contributed by atoms with E-state index in [0.717, 1.165) is 5.69 Å². The Morgan fingerprint density at radius 3 is 2.65 bits per heavy atom. The number of nitrogens with zero attached hydrogens (tertiary/aromatic N) is 5. The van der Waals surface area contributed by atoms with Gasteiger partial charge in [-0.05, 0) is 25.1 Å². The lowest BCUT2D eigenvalue weighted by atomic mass is 10.2. The zero-order valence-corrected chi connectivity index (χ0v) is 11.3. The molecule has 0 bridgehead atoms. The topological polar surface area (TPSA) is 95.8 Å². The average molecular weight is 275 g/mol. The van der Waals surface area contributed by atoms with Crippen LogP contribution in [0, 0.1) is 17.0 Å². The molecule has 0 aliphatic carbocycles. The largest absolute Gasteiger partial charge is 0.318 e. The minimum Gasteiger partial charge on any atom is -0.287 e. The van der Waals surface area contributed by atoms with Gasteiger partial charge in [0.2, 0.25) is 11.5 Å². The van der Waals surface area contributed by atoms with Crippen molar-refractivity contribution in [3.8, 4) is 0 Å². The predicted molar refractivity (Wildman–Crippen MR) is 71.2 cm³/mol. The second-order valence-corrected chi connectivity index (χ2v) is 4.33. The summed E-state index contributed by atoms with van der Waals surface area (Å²) in [7, 11) is 3.31. The van der Waals surface area contributed by atoms with E-state index in [1.807, 2.05) is 6.92 Å². The standard InChI is InChI=1S/C12H13N5O3/c1-8-6-9(13-16(8)3)4-5-11(18)12-10(17(19)20)7-15(2)14-12/h4-7H,1-3H3/b5-4+. The lowest BCUT2D eigenvalue weighted by Gasteiger charge is -1.90. The fourth-order valence-electron chi connectivity index (χ4n) is 1.69. The number of hydrogen-bond acceptors (Lipinski definition) is 5. The molecule has 2 aromatic heterocycles. The molecule has 104 valence electrons. The highest BCUT2D eigenvalue weighted by Crippen LogP contribution is 2.17. The van der Waals surface area contributed by atoms with Crippen molar-refractivity contribution in [2.45, 2.75) is 6.92 Å². The van der Waals surface area contributed by atoms with Crippen molar-refractivity contribution in [1.82, 2.24) is 19.6 Å². The quantitative estimate of drug-likeness (QED) is 0.362. The maximum absolute atomic E-state index is 11.9. The highest BCUT2D eigenvalue weighted by Gasteiger charge is 2.23. The molecule has 0 fully saturated rings. The Labute approximate surface area is 114 Å². The molecule has 2 heterocycles. The molecule has 0 spiro atoms. The summed E-state index contributed by atoms with van der Waals surface area (Å²) < 4.78 is 2.91. The van der Waals surface area contributed by atoms with Crippen molar-refractivity contribution in [3.05, 3.63) is 45.5 Å². The molecule has 0 atom stereocenters. The van der Waals surface area contributed by atoms with Crippen molar-refractivity contribution < 1.29 is 9.72 Å². The van der Waals surface area contributed by atoms with Gasteiger partial charge in [-0.15, -0.1) is 0 Å². The maximum Gasteiger partial charge on any atom is 0.318 e. The Hall–Kier alpha value is -2.77. The van der Waals surface area contributed by atoms with Crippen LogP contribution in [0.25, 0.3) is 6.08 Å². The molecule has 0 aliphatic heterocycles. The molecular formula is C12H13N5O3. The Morgan fingerprint density at radius 1 is 1.40 bits per heavy atom. The van der Waals surface area contributed by atoms with Crippen LogP contribution in [0.4, 0.5) is 5.69 Å². The molecule has 0 N–H and O–H groups in total. The molecular weight excluding hydrogens is 262 g/mol. The number of allylic oxidation sites excluding steroid dienone is 1. The van der Waals surface area contributed by atoms with Gasteiger partial charge in [-0.2, -0.15) is 10.2 Å². The number of ketones is 1. The molecule has 0 unspecified atom stereocenters. The van der Waals surface area contributed by atoms with E-state index in [0.29, 0.717) is 5.69 Å². The van der Waals surface area contributed by atoms with Crippen LogP contribution in [-0.2, 0) is 14.1 Å². The molecule has 2 rings (SSSR count). The number of rotatable bonds is 4. The molecule has 0 saturated heterocycles. The van der Waals surface area contributed by atoms with E-state index < -0.39 is 10.7 Å². The molecule has 20 heavy (non-hydrogen) atoms. The lowest BCUT2D eigenvalue weighted by Crippen LogP contribution is -2.01. The van der Waals surface area contributed by atoms with Crippen LogP contribution in [0.2, 0.25) is 0 Å². The highest BCUT2D eigenvalue weighted by atomic mass is 16.6. The predicted octanol–water partition coefficient (Wildman–Crippen LogP) is 1.27. The normalized spacial score (nSPS) is 11.2. The van der Waals surface area contributed by atoms with Gasteiger partial charge in [-0.1, -0.05) is 0 Å². The van der Waals surface area contributed by atoms with Gasteiger partial charge in [0.05, 0.1) is 10.6 Å². The van der Waals surface area contributed by atoms with Crippen molar-refractivity contribution in [3.63, 3.8) is 0 Å². The summed E-state index contributed by atoms with van der Waals surface area (Å²) in [6.45, 7) is 1.88. The van der Waals surface area contributed by atoms with Crippen LogP contribution in [0.15, 0.2) is 18.3 Å². The monoisotopic (exact) mass is 275 g/mol. The van der Waals surface area contributed by atoms with Crippen LogP contribution in [0.5, 0.6) is 0 Å². The summed E-state index contributed by atoms with van der Waals surface area (Å²) in [6, 6.07) is 1.80. The zero-order chi connectivity index (χ0) is 14.9. The second-order valence-electron chi connectivity index (χ2n) is 4.33. The molecule has 8 nitrogen and oxygen atoms in total. The Balaban J connectivity index is 2.26. The number of aromatic nitrogens is 4. The van der Waals surface area contributed by atoms with E-state index in [2.05, 4.69) is 10.2 Å². The van der Waals surface area contributed by atoms with Crippen molar-refractivity contribution in [2.75, 3.05) is 0 Å². The minimum absolute atomic E-state index is 0.179. The van der Waals surface area contributed by atoms with Gasteiger partial charge >= 0.3 is 5.69 Å². The summed E-state index contributed by atoms with van der Waals surface area (Å²) in [4.78, 5) is 22.1. The second kappa shape index (κ2) is 5.08. The zero-order valence-electron chi connectivity index (χ0n) is 11.3. The first-order valence-corrected chi connectivity index (χ1v) is 5.79. The molecule has 0 amide bonds. The summed E-state index contributed by atoms with van der Waals surface area (Å²) in [5.74, 6) is -0.527. The van der Waals surface area contributed by atoms with Crippen LogP contribution in [0.3, 0.4) is 0 Å². The van der Waals surface area contributed by atoms with Gasteiger partial charge < -0.3 is 0 Å². The van der Waals surface area contributed by atoms with Crippen LogP contribution in [-0.4, -0.2) is 30.3 Å². The van der Waals surface area contributed by atoms with Gasteiger partial charge in [0.25, 0.3) is 0 Å². The molecule has 0 aromatic carbocycles. The average Bonchev–Trinajstić information content (AvgIpc) is 2.91. The first-order valence-electron chi connectivity index (χ1n) is 5.79. The third-order valence-corrected chi connectivity index (χ3v) is 2.78. The molecule has 0 saturated carbocycles. The lowest BCUT2D eigenvalue weighted by molar-refractivity contribution is -0.385. The van der Waals surface area contributed by atoms with E-state index in [1.165, 1.54) is 30.1 Å². The number of nitro groups is 1. The van der Waals surface area contributed by atoms with Gasteiger partial charge in [-0.25, -0.2) is 0 Å². The summed E-state index contributed by atoms with van der Waals surface area (Å²) in [5, 5.41) is 18.8. The summed E-state index contributed by atoms with van der Waals surface area (Å²) >= 11 is 0. The van der Waals surface area contributed by atoms with Gasteiger partial charge in [0, 0.05) is 19.8 Å². The van der Waals surface area contributed by atoms with E-state index in [1.54, 1.807) is 17.8 Å². The van der Waals surface area contributed by atoms with Gasteiger partial charge in [-0.3, -0.25) is 24.3 Å².